The van der Waals surface area contributed by atoms with Crippen molar-refractivity contribution in [1.29, 1.82) is 0 Å². The highest BCUT2D eigenvalue weighted by Crippen LogP contribution is 2.33. The summed E-state index contributed by atoms with van der Waals surface area (Å²) in [6, 6.07) is 4.28. The number of fused-ring (bicyclic) bond motifs is 1. The fraction of sp³-hybridized carbons (Fsp3) is 0.562. The summed E-state index contributed by atoms with van der Waals surface area (Å²) in [5, 5.41) is 3.12. The van der Waals surface area contributed by atoms with E-state index < -0.39 is 0 Å². The molecule has 1 aromatic carbocycles. The summed E-state index contributed by atoms with van der Waals surface area (Å²) in [6.45, 7) is 3.17. The second-order valence-electron chi connectivity index (χ2n) is 5.65. The number of ether oxygens (including phenoxy) is 2. The number of rotatable bonds is 3. The zero-order valence-corrected chi connectivity index (χ0v) is 11.9. The van der Waals surface area contributed by atoms with Gasteiger partial charge in [0.1, 0.15) is 13.2 Å². The largest absolute Gasteiger partial charge is 0.486 e. The van der Waals surface area contributed by atoms with E-state index in [1.807, 2.05) is 19.1 Å². The van der Waals surface area contributed by atoms with Crippen LogP contribution in [0.25, 0.3) is 0 Å². The van der Waals surface area contributed by atoms with Gasteiger partial charge in [0.2, 0.25) is 5.91 Å². The molecule has 0 aromatic heterocycles. The van der Waals surface area contributed by atoms with E-state index in [0.29, 0.717) is 25.7 Å². The molecule has 4 heteroatoms. The molecule has 20 heavy (non-hydrogen) atoms. The van der Waals surface area contributed by atoms with Gasteiger partial charge in [-0.25, -0.2) is 0 Å². The molecule has 1 saturated carbocycles. The highest BCUT2D eigenvalue weighted by Gasteiger charge is 2.19. The molecule has 1 fully saturated rings. The maximum Gasteiger partial charge on any atom is 0.224 e. The predicted octanol–water partition coefficient (Wildman–Crippen LogP) is 2.37. The first-order valence-electron chi connectivity index (χ1n) is 7.41. The minimum absolute atomic E-state index is 0.108. The van der Waals surface area contributed by atoms with Gasteiger partial charge in [-0.15, -0.1) is 0 Å². The summed E-state index contributed by atoms with van der Waals surface area (Å²) in [7, 11) is 0. The summed E-state index contributed by atoms with van der Waals surface area (Å²) in [5.41, 5.74) is 2.10. The summed E-state index contributed by atoms with van der Waals surface area (Å²) in [6.07, 6.45) is 5.11. The lowest BCUT2D eigenvalue weighted by molar-refractivity contribution is -0.121. The van der Waals surface area contributed by atoms with E-state index in [1.165, 1.54) is 12.8 Å². The summed E-state index contributed by atoms with van der Waals surface area (Å²) < 4.78 is 11.1. The van der Waals surface area contributed by atoms with E-state index in [1.54, 1.807) is 0 Å². The van der Waals surface area contributed by atoms with E-state index in [0.717, 1.165) is 35.5 Å². The Bertz CT molecular complexity index is 507. The monoisotopic (exact) mass is 275 g/mol. The quantitative estimate of drug-likeness (QED) is 0.921. The molecule has 1 amide bonds. The molecule has 3 rings (SSSR count). The van der Waals surface area contributed by atoms with Crippen LogP contribution in [0, 0.1) is 6.92 Å². The number of benzene rings is 1. The molecule has 0 radical (unpaired) electrons. The second kappa shape index (κ2) is 5.73. The SMILES string of the molecule is Cc1cc2c(cc1CC(=O)NC1CCCC1)OCCO2. The lowest BCUT2D eigenvalue weighted by Crippen LogP contribution is -2.33. The Morgan fingerprint density at radius 3 is 2.55 bits per heavy atom. The lowest BCUT2D eigenvalue weighted by Gasteiger charge is -2.20. The molecular formula is C16H21NO3. The van der Waals surface area contributed by atoms with Crippen LogP contribution in [0.15, 0.2) is 12.1 Å². The van der Waals surface area contributed by atoms with Crippen molar-refractivity contribution in [3.8, 4) is 11.5 Å². The number of aryl methyl sites for hydroxylation is 1. The van der Waals surface area contributed by atoms with Crippen LogP contribution in [-0.4, -0.2) is 25.2 Å². The lowest BCUT2D eigenvalue weighted by atomic mass is 10.0. The molecule has 0 unspecified atom stereocenters. The van der Waals surface area contributed by atoms with Crippen LogP contribution in [-0.2, 0) is 11.2 Å². The second-order valence-corrected chi connectivity index (χ2v) is 5.65. The third kappa shape index (κ3) is 2.89. The highest BCUT2D eigenvalue weighted by molar-refractivity contribution is 5.79. The molecular weight excluding hydrogens is 254 g/mol. The third-order valence-electron chi connectivity index (χ3n) is 4.07. The van der Waals surface area contributed by atoms with Crippen molar-refractivity contribution in [2.24, 2.45) is 0 Å². The van der Waals surface area contributed by atoms with Crippen molar-refractivity contribution in [2.75, 3.05) is 13.2 Å². The number of hydrogen-bond donors (Lipinski definition) is 1. The minimum atomic E-state index is 0.108. The van der Waals surface area contributed by atoms with E-state index in [2.05, 4.69) is 5.32 Å². The number of carbonyl (C=O) groups is 1. The molecule has 1 N–H and O–H groups in total. The van der Waals surface area contributed by atoms with Gasteiger partial charge in [0.05, 0.1) is 6.42 Å². The van der Waals surface area contributed by atoms with Gasteiger partial charge in [-0.1, -0.05) is 12.8 Å². The van der Waals surface area contributed by atoms with E-state index in [-0.39, 0.29) is 5.91 Å². The molecule has 2 aliphatic rings. The average Bonchev–Trinajstić information content (AvgIpc) is 2.92. The van der Waals surface area contributed by atoms with Gasteiger partial charge in [-0.05, 0) is 43.0 Å². The Balaban J connectivity index is 1.68. The Hall–Kier alpha value is -1.71. The van der Waals surface area contributed by atoms with E-state index in [9.17, 15) is 4.79 Å². The molecule has 4 nitrogen and oxygen atoms in total. The molecule has 0 saturated heterocycles. The topological polar surface area (TPSA) is 47.6 Å². The molecule has 1 aromatic rings. The van der Waals surface area contributed by atoms with Crippen molar-refractivity contribution >= 4 is 5.91 Å². The Kier molecular flexibility index (Phi) is 3.81. The van der Waals surface area contributed by atoms with E-state index >= 15 is 0 Å². The van der Waals surface area contributed by atoms with Crippen molar-refractivity contribution in [2.45, 2.75) is 45.1 Å². The number of hydrogen-bond acceptors (Lipinski definition) is 3. The summed E-state index contributed by atoms with van der Waals surface area (Å²) in [5.74, 6) is 1.65. The van der Waals surface area contributed by atoms with Gasteiger partial charge < -0.3 is 14.8 Å². The Morgan fingerprint density at radius 2 is 1.85 bits per heavy atom. The molecule has 0 spiro atoms. The summed E-state index contributed by atoms with van der Waals surface area (Å²) >= 11 is 0. The smallest absolute Gasteiger partial charge is 0.224 e. The van der Waals surface area contributed by atoms with Gasteiger partial charge in [-0.2, -0.15) is 0 Å². The standard InChI is InChI=1S/C16H21NO3/c1-11-8-14-15(20-7-6-19-14)9-12(11)10-16(18)17-13-4-2-3-5-13/h8-9,13H,2-7,10H2,1H3,(H,17,18). The minimum Gasteiger partial charge on any atom is -0.486 e. The first-order chi connectivity index (χ1) is 9.72. The maximum absolute atomic E-state index is 12.1. The molecule has 1 aliphatic heterocycles. The van der Waals surface area contributed by atoms with Crippen LogP contribution in [0.1, 0.15) is 36.8 Å². The zero-order chi connectivity index (χ0) is 13.9. The first-order valence-corrected chi connectivity index (χ1v) is 7.41. The fourth-order valence-electron chi connectivity index (χ4n) is 2.94. The Morgan fingerprint density at radius 1 is 1.20 bits per heavy atom. The van der Waals surface area contributed by atoms with Crippen molar-refractivity contribution in [3.05, 3.63) is 23.3 Å². The summed E-state index contributed by atoms with van der Waals surface area (Å²) in [4.78, 5) is 12.1. The van der Waals surface area contributed by atoms with Crippen LogP contribution in [0.5, 0.6) is 11.5 Å². The Labute approximate surface area is 119 Å². The molecule has 1 heterocycles. The fourth-order valence-corrected chi connectivity index (χ4v) is 2.94. The predicted molar refractivity (Wildman–Crippen MR) is 76.3 cm³/mol. The van der Waals surface area contributed by atoms with Crippen LogP contribution in [0.2, 0.25) is 0 Å². The average molecular weight is 275 g/mol. The van der Waals surface area contributed by atoms with Gasteiger partial charge in [-0.3, -0.25) is 4.79 Å². The third-order valence-corrected chi connectivity index (χ3v) is 4.07. The van der Waals surface area contributed by atoms with Crippen LogP contribution in [0.4, 0.5) is 0 Å². The van der Waals surface area contributed by atoms with Crippen molar-refractivity contribution in [1.82, 2.24) is 5.32 Å². The molecule has 1 aliphatic carbocycles. The van der Waals surface area contributed by atoms with Crippen molar-refractivity contribution < 1.29 is 14.3 Å². The van der Waals surface area contributed by atoms with Gasteiger partial charge in [0.25, 0.3) is 0 Å². The normalized spacial score (nSPS) is 18.1. The van der Waals surface area contributed by atoms with E-state index in [4.69, 9.17) is 9.47 Å². The van der Waals surface area contributed by atoms with Gasteiger partial charge in [0.15, 0.2) is 11.5 Å². The number of nitrogens with one attached hydrogen (secondary N) is 1. The molecule has 0 atom stereocenters. The highest BCUT2D eigenvalue weighted by atomic mass is 16.6. The van der Waals surface area contributed by atoms with Crippen molar-refractivity contribution in [3.63, 3.8) is 0 Å². The van der Waals surface area contributed by atoms with Gasteiger partial charge >= 0.3 is 0 Å². The first kappa shape index (κ1) is 13.3. The molecule has 108 valence electrons. The maximum atomic E-state index is 12.1. The van der Waals surface area contributed by atoms with Crippen LogP contribution >= 0.6 is 0 Å². The number of carbonyl (C=O) groups excluding carboxylic acids is 1. The van der Waals surface area contributed by atoms with Gasteiger partial charge in [0, 0.05) is 6.04 Å². The zero-order valence-electron chi connectivity index (χ0n) is 11.9. The molecule has 0 bridgehead atoms. The number of amides is 1. The van der Waals surface area contributed by atoms with Crippen LogP contribution < -0.4 is 14.8 Å². The van der Waals surface area contributed by atoms with Crippen LogP contribution in [0.3, 0.4) is 0 Å².